The van der Waals surface area contributed by atoms with E-state index in [-0.39, 0.29) is 22.1 Å². The Bertz CT molecular complexity index is 798. The molecule has 4 nitrogen and oxygen atoms in total. The number of para-hydroxylation sites is 1. The average molecular weight is 308 g/mol. The highest BCUT2D eigenvalue weighted by Crippen LogP contribution is 2.34. The van der Waals surface area contributed by atoms with Gasteiger partial charge in [0.25, 0.3) is 0 Å². The second kappa shape index (κ2) is 4.61. The van der Waals surface area contributed by atoms with Crippen molar-refractivity contribution in [2.75, 3.05) is 5.32 Å². The predicted molar refractivity (Wildman–Crippen MR) is 75.7 cm³/mol. The smallest absolute Gasteiger partial charge is 0.228 e. The molecule has 0 aromatic heterocycles. The van der Waals surface area contributed by atoms with Crippen LogP contribution in [0.5, 0.6) is 0 Å². The highest BCUT2D eigenvalue weighted by molar-refractivity contribution is 7.91. The molecular weight excluding hydrogens is 298 g/mol. The van der Waals surface area contributed by atoms with Gasteiger partial charge in [0.05, 0.1) is 21.9 Å². The zero-order chi connectivity index (χ0) is 14.3. The Labute approximate surface area is 121 Å². The SMILES string of the molecule is O=C1Cc2cccc(S(=O)(=O)c3ccc(Cl)cc3)c2N1. The van der Waals surface area contributed by atoms with Crippen LogP contribution in [0.2, 0.25) is 5.02 Å². The first-order valence-electron chi connectivity index (χ1n) is 5.91. The van der Waals surface area contributed by atoms with Gasteiger partial charge in [0.15, 0.2) is 0 Å². The summed E-state index contributed by atoms with van der Waals surface area (Å²) in [5, 5.41) is 3.08. The molecule has 102 valence electrons. The van der Waals surface area contributed by atoms with Gasteiger partial charge in [-0.15, -0.1) is 0 Å². The van der Waals surface area contributed by atoms with Crippen LogP contribution in [0.25, 0.3) is 0 Å². The molecule has 0 radical (unpaired) electrons. The van der Waals surface area contributed by atoms with E-state index in [2.05, 4.69) is 5.32 Å². The molecule has 1 amide bonds. The van der Waals surface area contributed by atoms with E-state index in [1.165, 1.54) is 30.3 Å². The Balaban J connectivity index is 2.16. The number of carbonyl (C=O) groups excluding carboxylic acids is 1. The number of rotatable bonds is 2. The summed E-state index contributed by atoms with van der Waals surface area (Å²) in [5.41, 5.74) is 1.08. The van der Waals surface area contributed by atoms with Crippen LogP contribution in [-0.4, -0.2) is 14.3 Å². The van der Waals surface area contributed by atoms with E-state index in [4.69, 9.17) is 11.6 Å². The second-order valence-corrected chi connectivity index (χ2v) is 6.83. The fraction of sp³-hybridized carbons (Fsp3) is 0.0714. The lowest BCUT2D eigenvalue weighted by Gasteiger charge is -2.09. The summed E-state index contributed by atoms with van der Waals surface area (Å²) in [6, 6.07) is 10.8. The van der Waals surface area contributed by atoms with Gasteiger partial charge in [-0.3, -0.25) is 4.79 Å². The first-order chi connectivity index (χ1) is 9.48. The minimum atomic E-state index is -3.68. The minimum absolute atomic E-state index is 0.114. The van der Waals surface area contributed by atoms with Crippen LogP contribution >= 0.6 is 11.6 Å². The molecule has 0 unspecified atom stereocenters. The Morgan fingerprint density at radius 1 is 1.05 bits per heavy atom. The number of benzene rings is 2. The number of hydrogen-bond acceptors (Lipinski definition) is 3. The lowest BCUT2D eigenvalue weighted by molar-refractivity contribution is -0.115. The highest BCUT2D eigenvalue weighted by Gasteiger charge is 2.28. The van der Waals surface area contributed by atoms with E-state index in [9.17, 15) is 13.2 Å². The van der Waals surface area contributed by atoms with Crippen molar-refractivity contribution in [3.05, 3.63) is 53.1 Å². The molecule has 6 heteroatoms. The van der Waals surface area contributed by atoms with Gasteiger partial charge in [0.1, 0.15) is 0 Å². The Kier molecular flexibility index (Phi) is 3.03. The van der Waals surface area contributed by atoms with Gasteiger partial charge in [-0.2, -0.15) is 0 Å². The maximum Gasteiger partial charge on any atom is 0.228 e. The van der Waals surface area contributed by atoms with Gasteiger partial charge in [-0.05, 0) is 35.9 Å². The lowest BCUT2D eigenvalue weighted by atomic mass is 10.2. The zero-order valence-electron chi connectivity index (χ0n) is 10.3. The number of hydrogen-bond donors (Lipinski definition) is 1. The van der Waals surface area contributed by atoms with Crippen LogP contribution in [0, 0.1) is 0 Å². The summed E-state index contributed by atoms with van der Waals surface area (Å²) >= 11 is 5.77. The first kappa shape index (κ1) is 13.1. The van der Waals surface area contributed by atoms with Crippen LogP contribution in [0.1, 0.15) is 5.56 Å². The fourth-order valence-electron chi connectivity index (χ4n) is 2.19. The van der Waals surface area contributed by atoms with Crippen LogP contribution in [-0.2, 0) is 21.1 Å². The summed E-state index contributed by atoms with van der Waals surface area (Å²) in [6.45, 7) is 0. The van der Waals surface area contributed by atoms with Crippen molar-refractivity contribution in [1.82, 2.24) is 0 Å². The maximum atomic E-state index is 12.6. The Hall–Kier alpha value is -1.85. The number of anilines is 1. The average Bonchev–Trinajstić information content (AvgIpc) is 2.78. The summed E-state index contributed by atoms with van der Waals surface area (Å²) in [7, 11) is -3.68. The zero-order valence-corrected chi connectivity index (χ0v) is 11.8. The molecule has 0 saturated heterocycles. The highest BCUT2D eigenvalue weighted by atomic mass is 35.5. The van der Waals surface area contributed by atoms with E-state index >= 15 is 0 Å². The molecule has 2 aromatic carbocycles. The predicted octanol–water partition coefficient (Wildman–Crippen LogP) is 2.67. The van der Waals surface area contributed by atoms with E-state index in [0.717, 1.165) is 0 Å². The molecule has 2 aromatic rings. The molecule has 0 fully saturated rings. The third-order valence-electron chi connectivity index (χ3n) is 3.14. The van der Waals surface area contributed by atoms with Gasteiger partial charge >= 0.3 is 0 Å². The minimum Gasteiger partial charge on any atom is -0.324 e. The first-order valence-corrected chi connectivity index (χ1v) is 7.77. The molecule has 1 heterocycles. The van der Waals surface area contributed by atoms with Crippen molar-refractivity contribution in [3.8, 4) is 0 Å². The third-order valence-corrected chi connectivity index (χ3v) is 5.21. The van der Waals surface area contributed by atoms with E-state index < -0.39 is 9.84 Å². The van der Waals surface area contributed by atoms with Crippen LogP contribution in [0.3, 0.4) is 0 Å². The van der Waals surface area contributed by atoms with Crippen molar-refractivity contribution in [2.45, 2.75) is 16.2 Å². The van der Waals surface area contributed by atoms with Crippen molar-refractivity contribution < 1.29 is 13.2 Å². The van der Waals surface area contributed by atoms with Crippen molar-refractivity contribution in [3.63, 3.8) is 0 Å². The molecule has 1 aliphatic rings. The number of carbonyl (C=O) groups is 1. The molecule has 0 aliphatic carbocycles. The van der Waals surface area contributed by atoms with Gasteiger partial charge in [-0.25, -0.2) is 8.42 Å². The lowest BCUT2D eigenvalue weighted by Crippen LogP contribution is -2.08. The van der Waals surface area contributed by atoms with E-state index in [0.29, 0.717) is 16.3 Å². The van der Waals surface area contributed by atoms with Crippen LogP contribution in [0.4, 0.5) is 5.69 Å². The van der Waals surface area contributed by atoms with Gasteiger partial charge in [0, 0.05) is 5.02 Å². The van der Waals surface area contributed by atoms with Gasteiger partial charge in [0.2, 0.25) is 15.7 Å². The molecule has 20 heavy (non-hydrogen) atoms. The number of nitrogens with one attached hydrogen (secondary N) is 1. The molecule has 0 spiro atoms. The molecule has 0 atom stereocenters. The third kappa shape index (κ3) is 2.09. The maximum absolute atomic E-state index is 12.6. The van der Waals surface area contributed by atoms with E-state index in [1.54, 1.807) is 12.1 Å². The Morgan fingerprint density at radius 2 is 1.75 bits per heavy atom. The summed E-state index contributed by atoms with van der Waals surface area (Å²) in [4.78, 5) is 11.7. The van der Waals surface area contributed by atoms with Crippen molar-refractivity contribution in [2.24, 2.45) is 0 Å². The van der Waals surface area contributed by atoms with Crippen LogP contribution in [0.15, 0.2) is 52.3 Å². The molecule has 1 N–H and O–H groups in total. The number of sulfone groups is 1. The molecule has 0 saturated carbocycles. The summed E-state index contributed by atoms with van der Waals surface area (Å²) in [5.74, 6) is -0.196. The number of fused-ring (bicyclic) bond motifs is 1. The molecule has 1 aliphatic heterocycles. The standard InChI is InChI=1S/C14H10ClNO3S/c15-10-4-6-11(7-5-10)20(18,19)12-3-1-2-9-8-13(17)16-14(9)12/h1-7H,8H2,(H,16,17). The quantitative estimate of drug-likeness (QED) is 0.927. The van der Waals surface area contributed by atoms with Crippen molar-refractivity contribution >= 4 is 33.0 Å². The molecule has 3 rings (SSSR count). The number of halogens is 1. The molecule has 0 bridgehead atoms. The monoisotopic (exact) mass is 307 g/mol. The summed E-state index contributed by atoms with van der Waals surface area (Å²) < 4.78 is 25.2. The number of amides is 1. The largest absolute Gasteiger partial charge is 0.324 e. The summed E-state index contributed by atoms with van der Waals surface area (Å²) in [6.07, 6.45) is 0.208. The fourth-order valence-corrected chi connectivity index (χ4v) is 3.77. The van der Waals surface area contributed by atoms with E-state index in [1.807, 2.05) is 0 Å². The normalized spacial score (nSPS) is 13.9. The second-order valence-electron chi connectivity index (χ2n) is 4.47. The van der Waals surface area contributed by atoms with Gasteiger partial charge < -0.3 is 5.32 Å². The molecular formula is C14H10ClNO3S. The van der Waals surface area contributed by atoms with Crippen molar-refractivity contribution in [1.29, 1.82) is 0 Å². The topological polar surface area (TPSA) is 63.2 Å². The van der Waals surface area contributed by atoms with Gasteiger partial charge in [-0.1, -0.05) is 23.7 Å². The Morgan fingerprint density at radius 3 is 2.45 bits per heavy atom. The van der Waals surface area contributed by atoms with Crippen LogP contribution < -0.4 is 5.32 Å².